The van der Waals surface area contributed by atoms with Gasteiger partial charge in [-0.1, -0.05) is 0 Å². The second kappa shape index (κ2) is 3.60. The Balaban J connectivity index is 3.94. The maximum absolute atomic E-state index is 10.4. The number of carbonyl (C=O) groups is 3. The standard InChI is InChI=1S/C5H7NO4/c1-6(2-3-7)4(8)5(9)10/h3H,2H2,1H3,(H,9,10). The molecule has 0 aromatic heterocycles. The summed E-state index contributed by atoms with van der Waals surface area (Å²) < 4.78 is 0. The summed E-state index contributed by atoms with van der Waals surface area (Å²) >= 11 is 0. The first kappa shape index (κ1) is 8.61. The molecule has 0 radical (unpaired) electrons. The highest BCUT2D eigenvalue weighted by molar-refractivity contribution is 6.31. The Kier molecular flexibility index (Phi) is 3.10. The second-order valence-electron chi connectivity index (χ2n) is 1.66. The van der Waals surface area contributed by atoms with Gasteiger partial charge in [0.05, 0.1) is 6.54 Å². The summed E-state index contributed by atoms with van der Waals surface area (Å²) in [5.74, 6) is -2.63. The van der Waals surface area contributed by atoms with E-state index in [1.54, 1.807) is 0 Å². The van der Waals surface area contributed by atoms with E-state index < -0.39 is 11.9 Å². The predicted molar refractivity (Wildman–Crippen MR) is 31.3 cm³/mol. The van der Waals surface area contributed by atoms with Crippen molar-refractivity contribution in [3.63, 3.8) is 0 Å². The number of amides is 1. The third-order valence-corrected chi connectivity index (χ3v) is 0.878. The van der Waals surface area contributed by atoms with Crippen LogP contribution in [-0.4, -0.2) is 41.8 Å². The van der Waals surface area contributed by atoms with Gasteiger partial charge < -0.3 is 14.8 Å². The summed E-state index contributed by atoms with van der Waals surface area (Å²) in [4.78, 5) is 30.9. The molecule has 0 saturated heterocycles. The number of carboxylic acid groups (broad SMARTS) is 1. The zero-order chi connectivity index (χ0) is 8.15. The van der Waals surface area contributed by atoms with Crippen molar-refractivity contribution in [1.82, 2.24) is 4.90 Å². The number of aldehydes is 1. The van der Waals surface area contributed by atoms with Gasteiger partial charge in [0.15, 0.2) is 0 Å². The van der Waals surface area contributed by atoms with Crippen LogP contribution in [0.25, 0.3) is 0 Å². The third-order valence-electron chi connectivity index (χ3n) is 0.878. The Morgan fingerprint density at radius 1 is 1.60 bits per heavy atom. The molecule has 5 heteroatoms. The van der Waals surface area contributed by atoms with Crippen molar-refractivity contribution in [3.8, 4) is 0 Å². The maximum atomic E-state index is 10.4. The summed E-state index contributed by atoms with van der Waals surface area (Å²) in [6, 6.07) is 0. The minimum Gasteiger partial charge on any atom is -0.474 e. The average Bonchev–Trinajstić information content (AvgIpc) is 1.87. The zero-order valence-electron chi connectivity index (χ0n) is 5.40. The number of likely N-dealkylation sites (N-methyl/N-ethyl adjacent to an activating group) is 1. The number of nitrogens with zero attached hydrogens (tertiary/aromatic N) is 1. The van der Waals surface area contributed by atoms with E-state index in [0.29, 0.717) is 6.29 Å². The van der Waals surface area contributed by atoms with Crippen molar-refractivity contribution >= 4 is 18.2 Å². The van der Waals surface area contributed by atoms with E-state index >= 15 is 0 Å². The molecule has 5 nitrogen and oxygen atoms in total. The van der Waals surface area contributed by atoms with Crippen LogP contribution in [0.4, 0.5) is 0 Å². The van der Waals surface area contributed by atoms with Gasteiger partial charge in [-0.05, 0) is 0 Å². The van der Waals surface area contributed by atoms with E-state index in [0.717, 1.165) is 4.90 Å². The summed E-state index contributed by atoms with van der Waals surface area (Å²) in [5.41, 5.74) is 0. The highest BCUT2D eigenvalue weighted by Gasteiger charge is 2.15. The molecular formula is C5H7NO4. The quantitative estimate of drug-likeness (QED) is 0.388. The highest BCUT2D eigenvalue weighted by Crippen LogP contribution is 1.80. The van der Waals surface area contributed by atoms with Crippen LogP contribution in [0.15, 0.2) is 0 Å². The van der Waals surface area contributed by atoms with Gasteiger partial charge in [0.25, 0.3) is 0 Å². The number of carboxylic acids is 1. The number of hydrogen-bond donors (Lipinski definition) is 1. The zero-order valence-corrected chi connectivity index (χ0v) is 5.40. The van der Waals surface area contributed by atoms with E-state index in [-0.39, 0.29) is 6.54 Å². The van der Waals surface area contributed by atoms with Gasteiger partial charge in [-0.3, -0.25) is 4.79 Å². The fourth-order valence-electron chi connectivity index (χ4n) is 0.358. The SMILES string of the molecule is CN(CC=O)C(=O)C(=O)O. The molecule has 0 aliphatic carbocycles. The molecule has 0 saturated carbocycles. The largest absolute Gasteiger partial charge is 0.474 e. The molecule has 1 amide bonds. The summed E-state index contributed by atoms with van der Waals surface area (Å²) in [5, 5.41) is 8.07. The molecular weight excluding hydrogens is 138 g/mol. The fourth-order valence-corrected chi connectivity index (χ4v) is 0.358. The Labute approximate surface area is 57.2 Å². The minimum absolute atomic E-state index is 0.189. The van der Waals surface area contributed by atoms with Crippen molar-refractivity contribution in [2.75, 3.05) is 13.6 Å². The van der Waals surface area contributed by atoms with Crippen LogP contribution in [-0.2, 0) is 14.4 Å². The summed E-state index contributed by atoms with van der Waals surface area (Å²) in [6.45, 7) is -0.189. The molecule has 56 valence electrons. The fraction of sp³-hybridized carbons (Fsp3) is 0.400. The molecule has 1 N–H and O–H groups in total. The van der Waals surface area contributed by atoms with Crippen molar-refractivity contribution < 1.29 is 19.5 Å². The van der Waals surface area contributed by atoms with E-state index in [4.69, 9.17) is 5.11 Å². The lowest BCUT2D eigenvalue weighted by Crippen LogP contribution is -2.34. The normalized spacial score (nSPS) is 8.50. The number of carbonyl (C=O) groups excluding carboxylic acids is 2. The maximum Gasteiger partial charge on any atom is 0.394 e. The first-order chi connectivity index (χ1) is 4.59. The molecule has 0 aliphatic rings. The molecule has 0 aliphatic heterocycles. The van der Waals surface area contributed by atoms with Gasteiger partial charge in [0, 0.05) is 7.05 Å². The number of hydrogen-bond acceptors (Lipinski definition) is 3. The van der Waals surface area contributed by atoms with E-state index in [1.807, 2.05) is 0 Å². The van der Waals surface area contributed by atoms with Crippen molar-refractivity contribution in [2.45, 2.75) is 0 Å². The Morgan fingerprint density at radius 2 is 2.10 bits per heavy atom. The highest BCUT2D eigenvalue weighted by atomic mass is 16.4. The molecule has 0 rings (SSSR count). The Hall–Kier alpha value is -1.39. The van der Waals surface area contributed by atoms with Crippen LogP contribution in [0.2, 0.25) is 0 Å². The van der Waals surface area contributed by atoms with Gasteiger partial charge >= 0.3 is 11.9 Å². The first-order valence-electron chi connectivity index (χ1n) is 2.51. The Morgan fingerprint density at radius 3 is 2.40 bits per heavy atom. The lowest BCUT2D eigenvalue weighted by Gasteiger charge is -2.08. The van der Waals surface area contributed by atoms with Crippen LogP contribution < -0.4 is 0 Å². The molecule has 0 aromatic carbocycles. The van der Waals surface area contributed by atoms with Crippen LogP contribution in [0.3, 0.4) is 0 Å². The molecule has 10 heavy (non-hydrogen) atoms. The second-order valence-corrected chi connectivity index (χ2v) is 1.66. The summed E-state index contributed by atoms with van der Waals surface area (Å²) in [6.07, 6.45) is 0.459. The van der Waals surface area contributed by atoms with Crippen molar-refractivity contribution in [2.24, 2.45) is 0 Å². The smallest absolute Gasteiger partial charge is 0.394 e. The van der Waals surface area contributed by atoms with Crippen molar-refractivity contribution in [1.29, 1.82) is 0 Å². The molecule has 0 spiro atoms. The van der Waals surface area contributed by atoms with Gasteiger partial charge in [-0.15, -0.1) is 0 Å². The monoisotopic (exact) mass is 145 g/mol. The van der Waals surface area contributed by atoms with Gasteiger partial charge in [0.1, 0.15) is 6.29 Å². The lowest BCUT2D eigenvalue weighted by atomic mass is 10.5. The first-order valence-corrected chi connectivity index (χ1v) is 2.51. The van der Waals surface area contributed by atoms with E-state index in [9.17, 15) is 14.4 Å². The van der Waals surface area contributed by atoms with E-state index in [1.165, 1.54) is 7.05 Å². The lowest BCUT2D eigenvalue weighted by molar-refractivity contribution is -0.155. The number of rotatable bonds is 2. The summed E-state index contributed by atoms with van der Waals surface area (Å²) in [7, 11) is 1.24. The van der Waals surface area contributed by atoms with Gasteiger partial charge in [-0.25, -0.2) is 4.79 Å². The average molecular weight is 145 g/mol. The van der Waals surface area contributed by atoms with Crippen LogP contribution in [0, 0.1) is 0 Å². The minimum atomic E-state index is -1.55. The molecule has 0 atom stereocenters. The van der Waals surface area contributed by atoms with E-state index in [2.05, 4.69) is 0 Å². The molecule has 0 aromatic rings. The number of aliphatic carboxylic acids is 1. The van der Waals surface area contributed by atoms with Crippen LogP contribution in [0.1, 0.15) is 0 Å². The van der Waals surface area contributed by atoms with Gasteiger partial charge in [-0.2, -0.15) is 0 Å². The van der Waals surface area contributed by atoms with Gasteiger partial charge in [0.2, 0.25) is 0 Å². The third kappa shape index (κ3) is 2.25. The van der Waals surface area contributed by atoms with Crippen LogP contribution in [0.5, 0.6) is 0 Å². The Bertz CT molecular complexity index is 165. The molecule has 0 fully saturated rings. The molecule has 0 heterocycles. The molecule has 0 bridgehead atoms. The predicted octanol–water partition coefficient (Wildman–Crippen LogP) is -1.27. The topological polar surface area (TPSA) is 74.7 Å². The van der Waals surface area contributed by atoms with Crippen molar-refractivity contribution in [3.05, 3.63) is 0 Å². The molecule has 0 unspecified atom stereocenters. The van der Waals surface area contributed by atoms with Crippen LogP contribution >= 0.6 is 0 Å².